The molecule has 1 aromatic carbocycles. The van der Waals surface area contributed by atoms with Crippen LogP contribution < -0.4 is 5.32 Å². The number of carboxylic acids is 1. The van der Waals surface area contributed by atoms with Crippen LogP contribution in [0.5, 0.6) is 0 Å². The van der Waals surface area contributed by atoms with Crippen LogP contribution in [0.4, 0.5) is 10.1 Å². The standard InChI is InChI=1S/C13H8BrFN2O3/c14-9-3-1-2-8(13(19)20)11(9)17-12(18)7-4-5-16-6-10(7)15/h1-6H,(H,17,18)(H,19,20). The number of nitrogens with zero attached hydrogens (tertiary/aromatic N) is 1. The minimum atomic E-state index is -1.20. The first kappa shape index (κ1) is 14.1. The molecule has 2 rings (SSSR count). The van der Waals surface area contributed by atoms with Crippen LogP contribution in [0.3, 0.4) is 0 Å². The molecular formula is C13H8BrFN2O3. The molecule has 0 spiro atoms. The summed E-state index contributed by atoms with van der Waals surface area (Å²) < 4.78 is 13.8. The zero-order chi connectivity index (χ0) is 14.7. The molecule has 20 heavy (non-hydrogen) atoms. The lowest BCUT2D eigenvalue weighted by Crippen LogP contribution is -2.16. The number of aromatic nitrogens is 1. The molecule has 0 unspecified atom stereocenters. The summed E-state index contributed by atoms with van der Waals surface area (Å²) >= 11 is 3.15. The Morgan fingerprint density at radius 1 is 1.25 bits per heavy atom. The van der Waals surface area contributed by atoms with Gasteiger partial charge in [0.1, 0.15) is 0 Å². The van der Waals surface area contributed by atoms with Gasteiger partial charge in [-0.15, -0.1) is 0 Å². The zero-order valence-corrected chi connectivity index (χ0v) is 11.5. The van der Waals surface area contributed by atoms with Crippen molar-refractivity contribution in [2.24, 2.45) is 0 Å². The molecule has 0 aliphatic carbocycles. The highest BCUT2D eigenvalue weighted by molar-refractivity contribution is 9.10. The molecule has 0 radical (unpaired) electrons. The first-order valence-corrected chi connectivity index (χ1v) is 6.22. The van der Waals surface area contributed by atoms with Crippen LogP contribution in [0.15, 0.2) is 41.1 Å². The third-order valence-electron chi connectivity index (χ3n) is 2.50. The lowest BCUT2D eigenvalue weighted by Gasteiger charge is -2.10. The van der Waals surface area contributed by atoms with Crippen molar-refractivity contribution >= 4 is 33.5 Å². The third kappa shape index (κ3) is 2.83. The van der Waals surface area contributed by atoms with Gasteiger partial charge < -0.3 is 10.4 Å². The molecule has 0 bridgehead atoms. The second-order valence-electron chi connectivity index (χ2n) is 3.78. The molecule has 0 saturated heterocycles. The summed E-state index contributed by atoms with van der Waals surface area (Å²) in [6.45, 7) is 0. The second-order valence-corrected chi connectivity index (χ2v) is 4.63. The summed E-state index contributed by atoms with van der Waals surface area (Å²) in [6, 6.07) is 5.65. The van der Waals surface area contributed by atoms with Crippen molar-refractivity contribution in [3.8, 4) is 0 Å². The average Bonchev–Trinajstić information content (AvgIpc) is 2.41. The summed E-state index contributed by atoms with van der Waals surface area (Å²) in [5.41, 5.74) is -0.240. The molecule has 2 N–H and O–H groups in total. The molecule has 0 aliphatic rings. The number of nitrogens with one attached hydrogen (secondary N) is 1. The smallest absolute Gasteiger partial charge is 0.337 e. The minimum absolute atomic E-state index is 0.0706. The molecular weight excluding hydrogens is 331 g/mol. The summed E-state index contributed by atoms with van der Waals surface area (Å²) in [5, 5.41) is 11.5. The van der Waals surface area contributed by atoms with Gasteiger partial charge >= 0.3 is 5.97 Å². The number of amides is 1. The number of benzene rings is 1. The fraction of sp³-hybridized carbons (Fsp3) is 0. The molecule has 1 heterocycles. The second kappa shape index (κ2) is 5.79. The lowest BCUT2D eigenvalue weighted by molar-refractivity contribution is 0.0698. The lowest BCUT2D eigenvalue weighted by atomic mass is 10.1. The van der Waals surface area contributed by atoms with Crippen molar-refractivity contribution in [1.29, 1.82) is 0 Å². The van der Waals surface area contributed by atoms with Crippen LogP contribution in [0.2, 0.25) is 0 Å². The number of carboxylic acid groups (broad SMARTS) is 1. The van der Waals surface area contributed by atoms with Crippen molar-refractivity contribution in [1.82, 2.24) is 4.98 Å². The Hall–Kier alpha value is -2.28. The van der Waals surface area contributed by atoms with E-state index in [4.69, 9.17) is 5.11 Å². The largest absolute Gasteiger partial charge is 0.478 e. The third-order valence-corrected chi connectivity index (χ3v) is 3.16. The monoisotopic (exact) mass is 338 g/mol. The van der Waals surface area contributed by atoms with Gasteiger partial charge in [-0.05, 0) is 34.1 Å². The number of hydrogen-bond acceptors (Lipinski definition) is 3. The number of aromatic carboxylic acids is 1. The van der Waals surface area contributed by atoms with Crippen molar-refractivity contribution in [3.63, 3.8) is 0 Å². The van der Waals surface area contributed by atoms with Crippen LogP contribution in [0.1, 0.15) is 20.7 Å². The van der Waals surface area contributed by atoms with Gasteiger partial charge in [-0.25, -0.2) is 9.18 Å². The minimum Gasteiger partial charge on any atom is -0.478 e. The van der Waals surface area contributed by atoms with Gasteiger partial charge in [0.05, 0.1) is 23.0 Å². The van der Waals surface area contributed by atoms with E-state index in [2.05, 4.69) is 26.2 Å². The number of carbonyl (C=O) groups is 2. The Bertz CT molecular complexity index is 691. The predicted molar refractivity (Wildman–Crippen MR) is 73.2 cm³/mol. The van der Waals surface area contributed by atoms with E-state index < -0.39 is 17.7 Å². The Morgan fingerprint density at radius 2 is 2.00 bits per heavy atom. The number of para-hydroxylation sites is 1. The van der Waals surface area contributed by atoms with Crippen LogP contribution in [0, 0.1) is 5.82 Å². The van der Waals surface area contributed by atoms with E-state index in [1.807, 2.05) is 0 Å². The first-order valence-electron chi connectivity index (χ1n) is 5.43. The Morgan fingerprint density at radius 3 is 2.65 bits per heavy atom. The summed E-state index contributed by atoms with van der Waals surface area (Å²) in [7, 11) is 0. The maximum Gasteiger partial charge on any atom is 0.337 e. The van der Waals surface area contributed by atoms with Gasteiger partial charge in [-0.1, -0.05) is 6.07 Å². The highest BCUT2D eigenvalue weighted by Gasteiger charge is 2.18. The van der Waals surface area contributed by atoms with Gasteiger partial charge in [0, 0.05) is 10.7 Å². The molecule has 1 aromatic heterocycles. The van der Waals surface area contributed by atoms with Gasteiger partial charge in [0.15, 0.2) is 5.82 Å². The van der Waals surface area contributed by atoms with Crippen LogP contribution in [-0.4, -0.2) is 22.0 Å². The summed E-state index contributed by atoms with van der Waals surface area (Å²) in [6.07, 6.45) is 2.18. The predicted octanol–water partition coefficient (Wildman–Crippen LogP) is 2.93. The fourth-order valence-corrected chi connectivity index (χ4v) is 2.03. The molecule has 0 fully saturated rings. The number of hydrogen-bond donors (Lipinski definition) is 2. The van der Waals surface area contributed by atoms with E-state index in [0.717, 1.165) is 6.20 Å². The van der Waals surface area contributed by atoms with Crippen LogP contribution in [0.25, 0.3) is 0 Å². The van der Waals surface area contributed by atoms with E-state index in [9.17, 15) is 14.0 Å². The highest BCUT2D eigenvalue weighted by atomic mass is 79.9. The highest BCUT2D eigenvalue weighted by Crippen LogP contribution is 2.27. The normalized spacial score (nSPS) is 10.1. The Labute approximate surface area is 121 Å². The average molecular weight is 339 g/mol. The number of rotatable bonds is 3. The Balaban J connectivity index is 2.38. The quantitative estimate of drug-likeness (QED) is 0.901. The van der Waals surface area contributed by atoms with Gasteiger partial charge in [0.25, 0.3) is 5.91 Å². The van der Waals surface area contributed by atoms with Crippen molar-refractivity contribution in [2.45, 2.75) is 0 Å². The maximum absolute atomic E-state index is 13.5. The number of anilines is 1. The van der Waals surface area contributed by atoms with Crippen LogP contribution in [-0.2, 0) is 0 Å². The zero-order valence-electron chi connectivity index (χ0n) is 9.93. The van der Waals surface area contributed by atoms with E-state index in [1.54, 1.807) is 6.07 Å². The molecule has 7 heteroatoms. The van der Waals surface area contributed by atoms with Gasteiger partial charge in [-0.2, -0.15) is 0 Å². The van der Waals surface area contributed by atoms with Crippen molar-refractivity contribution < 1.29 is 19.1 Å². The van der Waals surface area contributed by atoms with Crippen LogP contribution >= 0.6 is 15.9 Å². The van der Waals surface area contributed by atoms with Crippen molar-refractivity contribution in [3.05, 3.63) is 58.1 Å². The number of halogens is 2. The van der Waals surface area contributed by atoms with Gasteiger partial charge in [-0.3, -0.25) is 9.78 Å². The molecule has 0 aliphatic heterocycles. The molecule has 5 nitrogen and oxygen atoms in total. The van der Waals surface area contributed by atoms with E-state index in [0.29, 0.717) is 4.47 Å². The summed E-state index contributed by atoms with van der Waals surface area (Å²) in [4.78, 5) is 26.6. The van der Waals surface area contributed by atoms with E-state index in [-0.39, 0.29) is 16.8 Å². The molecule has 0 atom stereocenters. The fourth-order valence-electron chi connectivity index (χ4n) is 1.57. The molecule has 0 saturated carbocycles. The SMILES string of the molecule is O=C(Nc1c(Br)cccc1C(=O)O)c1ccncc1F. The van der Waals surface area contributed by atoms with E-state index in [1.165, 1.54) is 24.4 Å². The van der Waals surface area contributed by atoms with Gasteiger partial charge in [0.2, 0.25) is 0 Å². The maximum atomic E-state index is 13.5. The number of carbonyl (C=O) groups excluding carboxylic acids is 1. The van der Waals surface area contributed by atoms with Crippen molar-refractivity contribution in [2.75, 3.05) is 5.32 Å². The topological polar surface area (TPSA) is 79.3 Å². The first-order chi connectivity index (χ1) is 9.50. The molecule has 1 amide bonds. The molecule has 2 aromatic rings. The number of pyridine rings is 1. The Kier molecular flexibility index (Phi) is 4.09. The van der Waals surface area contributed by atoms with E-state index >= 15 is 0 Å². The summed E-state index contributed by atoms with van der Waals surface area (Å²) in [5.74, 6) is -2.73. The molecule has 102 valence electrons.